The van der Waals surface area contributed by atoms with Crippen LogP contribution in [-0.4, -0.2) is 34.6 Å². The number of hydrogen-bond acceptors (Lipinski definition) is 5. The number of ether oxygens (including phenoxy) is 1. The van der Waals surface area contributed by atoms with Crippen molar-refractivity contribution < 1.29 is 9.53 Å². The second-order valence-corrected chi connectivity index (χ2v) is 7.90. The second-order valence-electron chi connectivity index (χ2n) is 7.90. The van der Waals surface area contributed by atoms with Crippen LogP contribution in [0.5, 0.6) is 5.75 Å². The van der Waals surface area contributed by atoms with Crippen LogP contribution in [-0.2, 0) is 13.2 Å². The molecule has 7 heteroatoms. The lowest BCUT2D eigenvalue weighted by Crippen LogP contribution is -2.30. The van der Waals surface area contributed by atoms with E-state index in [0.717, 1.165) is 48.4 Å². The molecular formula is C24H25N5O2. The molecule has 0 bridgehead atoms. The predicted molar refractivity (Wildman–Crippen MR) is 118 cm³/mol. The summed E-state index contributed by atoms with van der Waals surface area (Å²) in [5.41, 5.74) is 3.64. The van der Waals surface area contributed by atoms with Crippen molar-refractivity contribution in [3.63, 3.8) is 0 Å². The smallest absolute Gasteiger partial charge is 0.260 e. The third-order valence-corrected chi connectivity index (χ3v) is 5.77. The maximum absolute atomic E-state index is 12.8. The molecule has 0 radical (unpaired) electrons. The van der Waals surface area contributed by atoms with Gasteiger partial charge in [-0.1, -0.05) is 36.4 Å². The highest BCUT2D eigenvalue weighted by Crippen LogP contribution is 2.24. The monoisotopic (exact) mass is 415 g/mol. The average molecular weight is 415 g/mol. The molecule has 3 aromatic rings. The van der Waals surface area contributed by atoms with E-state index in [9.17, 15) is 4.79 Å². The summed E-state index contributed by atoms with van der Waals surface area (Å²) in [6, 6.07) is 16.3. The number of nitrogens with zero attached hydrogens (tertiary/aromatic N) is 3. The maximum atomic E-state index is 12.8. The van der Waals surface area contributed by atoms with Crippen molar-refractivity contribution in [1.29, 1.82) is 0 Å². The number of hydrogen-bond donors (Lipinski definition) is 2. The van der Waals surface area contributed by atoms with E-state index in [1.54, 1.807) is 6.20 Å². The van der Waals surface area contributed by atoms with Gasteiger partial charge in [0.05, 0.1) is 24.3 Å². The number of nitrogens with one attached hydrogen (secondary N) is 2. The number of rotatable bonds is 5. The highest BCUT2D eigenvalue weighted by atomic mass is 16.5. The minimum atomic E-state index is -0.192. The summed E-state index contributed by atoms with van der Waals surface area (Å²) >= 11 is 0. The molecule has 5 rings (SSSR count). The zero-order valence-electron chi connectivity index (χ0n) is 17.3. The Morgan fingerprint density at radius 1 is 1.16 bits per heavy atom. The van der Waals surface area contributed by atoms with Crippen LogP contribution in [0.1, 0.15) is 45.9 Å². The SMILES string of the molecule is O=C(NC1=NCc2ccc(OCc3ccccc3)cc21)c1cnn(C2CCNCC2)c1. The lowest BCUT2D eigenvalue weighted by molar-refractivity contribution is 0.0977. The average Bonchev–Trinajstić information content (AvgIpc) is 3.47. The molecule has 1 amide bonds. The Morgan fingerprint density at radius 3 is 2.84 bits per heavy atom. The molecule has 0 atom stereocenters. The van der Waals surface area contributed by atoms with Crippen molar-refractivity contribution >= 4 is 11.7 Å². The van der Waals surface area contributed by atoms with Crippen molar-refractivity contribution in [3.05, 3.63) is 83.2 Å². The number of amides is 1. The molecule has 31 heavy (non-hydrogen) atoms. The Bertz CT molecular complexity index is 1100. The maximum Gasteiger partial charge on any atom is 0.260 e. The van der Waals surface area contributed by atoms with Crippen LogP contribution in [0, 0.1) is 0 Å². The lowest BCUT2D eigenvalue weighted by Gasteiger charge is -2.22. The van der Waals surface area contributed by atoms with Gasteiger partial charge in [0.1, 0.15) is 18.2 Å². The Hall–Kier alpha value is -3.45. The number of aromatic nitrogens is 2. The number of benzene rings is 2. The highest BCUT2D eigenvalue weighted by Gasteiger charge is 2.22. The van der Waals surface area contributed by atoms with Crippen molar-refractivity contribution in [2.75, 3.05) is 13.1 Å². The molecule has 3 heterocycles. The van der Waals surface area contributed by atoms with Crippen LogP contribution in [0.4, 0.5) is 0 Å². The molecule has 1 aromatic heterocycles. The van der Waals surface area contributed by atoms with E-state index >= 15 is 0 Å². The van der Waals surface area contributed by atoms with E-state index in [1.807, 2.05) is 59.4 Å². The van der Waals surface area contributed by atoms with Crippen LogP contribution in [0.15, 0.2) is 65.9 Å². The molecule has 2 N–H and O–H groups in total. The topological polar surface area (TPSA) is 80.5 Å². The molecule has 158 valence electrons. The minimum Gasteiger partial charge on any atom is -0.489 e. The zero-order chi connectivity index (χ0) is 21.0. The van der Waals surface area contributed by atoms with E-state index < -0.39 is 0 Å². The van der Waals surface area contributed by atoms with Crippen molar-refractivity contribution in [3.8, 4) is 5.75 Å². The van der Waals surface area contributed by atoms with Crippen LogP contribution in [0.25, 0.3) is 0 Å². The molecule has 2 aromatic carbocycles. The van der Waals surface area contributed by atoms with Gasteiger partial charge >= 0.3 is 0 Å². The van der Waals surface area contributed by atoms with Crippen molar-refractivity contribution in [1.82, 2.24) is 20.4 Å². The normalized spacial score (nSPS) is 15.9. The lowest BCUT2D eigenvalue weighted by atomic mass is 10.1. The van der Waals surface area contributed by atoms with E-state index in [4.69, 9.17) is 4.74 Å². The van der Waals surface area contributed by atoms with E-state index in [-0.39, 0.29) is 5.91 Å². The Morgan fingerprint density at radius 2 is 2.00 bits per heavy atom. The van der Waals surface area contributed by atoms with Gasteiger partial charge in [-0.25, -0.2) is 0 Å². The molecule has 1 fully saturated rings. The van der Waals surface area contributed by atoms with Gasteiger partial charge in [0.15, 0.2) is 0 Å². The molecule has 0 aliphatic carbocycles. The molecule has 0 spiro atoms. The number of piperidine rings is 1. The quantitative estimate of drug-likeness (QED) is 0.671. The van der Waals surface area contributed by atoms with Crippen molar-refractivity contribution in [2.24, 2.45) is 4.99 Å². The fourth-order valence-electron chi connectivity index (χ4n) is 4.01. The third-order valence-electron chi connectivity index (χ3n) is 5.77. The van der Waals surface area contributed by atoms with Gasteiger partial charge in [0, 0.05) is 11.8 Å². The van der Waals surface area contributed by atoms with Gasteiger partial charge in [0.2, 0.25) is 0 Å². The Kier molecular flexibility index (Phi) is 5.50. The van der Waals surface area contributed by atoms with Gasteiger partial charge in [-0.2, -0.15) is 5.10 Å². The molecule has 0 saturated carbocycles. The Balaban J connectivity index is 1.25. The number of carbonyl (C=O) groups is 1. The molecule has 1 saturated heterocycles. The van der Waals surface area contributed by atoms with Crippen LogP contribution < -0.4 is 15.4 Å². The first-order valence-electron chi connectivity index (χ1n) is 10.7. The summed E-state index contributed by atoms with van der Waals surface area (Å²) in [6.45, 7) is 3.01. The first kappa shape index (κ1) is 19.5. The number of amidine groups is 1. The highest BCUT2D eigenvalue weighted by molar-refractivity contribution is 6.14. The summed E-state index contributed by atoms with van der Waals surface area (Å²) < 4.78 is 7.85. The summed E-state index contributed by atoms with van der Waals surface area (Å²) in [5, 5.41) is 10.7. The van der Waals surface area contributed by atoms with Gasteiger partial charge in [-0.05, 0) is 49.2 Å². The number of carbonyl (C=O) groups excluding carboxylic acids is 1. The number of aliphatic imine (C=N–C) groups is 1. The molecular weight excluding hydrogens is 390 g/mol. The largest absolute Gasteiger partial charge is 0.489 e. The van der Waals surface area contributed by atoms with E-state index in [1.165, 1.54) is 0 Å². The first-order chi connectivity index (χ1) is 15.3. The molecule has 7 nitrogen and oxygen atoms in total. The summed E-state index contributed by atoms with van der Waals surface area (Å²) in [7, 11) is 0. The minimum absolute atomic E-state index is 0.192. The van der Waals surface area contributed by atoms with Crippen LogP contribution in [0.2, 0.25) is 0 Å². The van der Waals surface area contributed by atoms with E-state index in [0.29, 0.717) is 30.6 Å². The number of fused-ring (bicyclic) bond motifs is 1. The van der Waals surface area contributed by atoms with Gasteiger partial charge < -0.3 is 15.4 Å². The fourth-order valence-corrected chi connectivity index (χ4v) is 4.01. The predicted octanol–water partition coefficient (Wildman–Crippen LogP) is 3.08. The zero-order valence-corrected chi connectivity index (χ0v) is 17.3. The standard InChI is InChI=1S/C24H25N5O2/c30-24(19-14-27-29(15-19)20-8-10-25-11-9-20)28-23-22-12-21(7-6-18(22)13-26-23)31-16-17-4-2-1-3-5-17/h1-7,12,14-15,20,25H,8-11,13,16H2,(H,26,28,30). The molecule has 2 aliphatic heterocycles. The van der Waals surface area contributed by atoms with E-state index in [2.05, 4.69) is 20.7 Å². The summed E-state index contributed by atoms with van der Waals surface area (Å²) in [6.07, 6.45) is 5.51. The molecule has 0 unspecified atom stereocenters. The fraction of sp³-hybridized carbons (Fsp3) is 0.292. The van der Waals surface area contributed by atoms with Crippen LogP contribution >= 0.6 is 0 Å². The third kappa shape index (κ3) is 4.36. The second kappa shape index (κ2) is 8.73. The van der Waals surface area contributed by atoms with Crippen molar-refractivity contribution in [2.45, 2.75) is 32.0 Å². The Labute approximate surface area is 181 Å². The van der Waals surface area contributed by atoms with Crippen LogP contribution in [0.3, 0.4) is 0 Å². The van der Waals surface area contributed by atoms with Gasteiger partial charge in [-0.15, -0.1) is 0 Å². The molecule has 2 aliphatic rings. The first-order valence-corrected chi connectivity index (χ1v) is 10.7. The summed E-state index contributed by atoms with van der Waals surface area (Å²) in [5.74, 6) is 1.15. The van der Waals surface area contributed by atoms with Gasteiger partial charge in [-0.3, -0.25) is 14.5 Å². The van der Waals surface area contributed by atoms with Gasteiger partial charge in [0.25, 0.3) is 5.91 Å². The summed E-state index contributed by atoms with van der Waals surface area (Å²) in [4.78, 5) is 17.3.